The van der Waals surface area contributed by atoms with Gasteiger partial charge in [0.1, 0.15) is 17.7 Å². The molecule has 1 aliphatic heterocycles. The molecule has 0 unspecified atom stereocenters. The van der Waals surface area contributed by atoms with Crippen LogP contribution in [0.3, 0.4) is 0 Å². The molecule has 2 heterocycles. The van der Waals surface area contributed by atoms with Gasteiger partial charge in [-0.15, -0.1) is 0 Å². The van der Waals surface area contributed by atoms with Crippen LogP contribution < -0.4 is 20.1 Å². The molecule has 0 spiro atoms. The molecule has 0 radical (unpaired) electrons. The molecule has 0 saturated carbocycles. The molecule has 1 aliphatic rings. The van der Waals surface area contributed by atoms with Gasteiger partial charge in [-0.3, -0.25) is 0 Å². The van der Waals surface area contributed by atoms with Gasteiger partial charge in [0.2, 0.25) is 0 Å². The third kappa shape index (κ3) is 8.73. The highest BCUT2D eigenvalue weighted by Crippen LogP contribution is 2.36. The second-order valence-corrected chi connectivity index (χ2v) is 11.8. The average Bonchev–Trinajstić information content (AvgIpc) is 2.86. The summed E-state index contributed by atoms with van der Waals surface area (Å²) in [5.74, 6) is 2.69. The van der Waals surface area contributed by atoms with Crippen LogP contribution in [0.4, 0.5) is 11.5 Å². The van der Waals surface area contributed by atoms with Gasteiger partial charge in [0.25, 0.3) is 0 Å². The predicted octanol–water partition coefficient (Wildman–Crippen LogP) is 6.78. The van der Waals surface area contributed by atoms with Crippen molar-refractivity contribution in [2.75, 3.05) is 38.7 Å². The number of hydrogen-bond donors (Lipinski definition) is 2. The van der Waals surface area contributed by atoms with Crippen LogP contribution >= 0.6 is 15.9 Å². The van der Waals surface area contributed by atoms with Crippen LogP contribution in [-0.4, -0.2) is 53.8 Å². The van der Waals surface area contributed by atoms with E-state index in [0.29, 0.717) is 37.1 Å². The summed E-state index contributed by atoms with van der Waals surface area (Å²) in [5.41, 5.74) is 2.74. The number of fused-ring (bicyclic) bond motifs is 2. The lowest BCUT2D eigenvalue weighted by Gasteiger charge is -2.23. The summed E-state index contributed by atoms with van der Waals surface area (Å²) < 4.78 is 19.2. The SMILES string of the molecule is C=C(NCCCOc1cc2ncnc3c2cc1OCCCCCN(C)Cc1ccc(Br)cc1N3)OC(C)(C)C. The molecule has 1 aromatic heterocycles. The maximum absolute atomic E-state index is 6.26. The molecule has 0 amide bonds. The fraction of sp³-hybridized carbons (Fsp3) is 0.467. The van der Waals surface area contributed by atoms with Crippen LogP contribution in [0.25, 0.3) is 10.9 Å². The second-order valence-electron chi connectivity index (χ2n) is 10.9. The number of nitrogens with one attached hydrogen (secondary N) is 2. The molecular formula is C30H40BrN5O3. The molecular weight excluding hydrogens is 558 g/mol. The van der Waals surface area contributed by atoms with Crippen molar-refractivity contribution in [1.82, 2.24) is 20.2 Å². The Hall–Kier alpha value is -3.04. The van der Waals surface area contributed by atoms with Crippen LogP contribution in [0.15, 0.2) is 53.6 Å². The van der Waals surface area contributed by atoms with Crippen LogP contribution in [-0.2, 0) is 11.3 Å². The lowest BCUT2D eigenvalue weighted by molar-refractivity contribution is 0.0413. The number of aromatic nitrogens is 2. The first-order chi connectivity index (χ1) is 18.7. The smallest absolute Gasteiger partial charge is 0.179 e. The van der Waals surface area contributed by atoms with Gasteiger partial charge in [-0.05, 0) is 90.4 Å². The molecule has 9 heteroatoms. The Labute approximate surface area is 240 Å². The van der Waals surface area contributed by atoms with Gasteiger partial charge >= 0.3 is 0 Å². The lowest BCUT2D eigenvalue weighted by atomic mass is 10.1. The minimum atomic E-state index is -0.278. The number of anilines is 2. The summed E-state index contributed by atoms with van der Waals surface area (Å²) in [4.78, 5) is 11.5. The molecule has 0 atom stereocenters. The molecule has 8 nitrogen and oxygen atoms in total. The van der Waals surface area contributed by atoms with Gasteiger partial charge in [0, 0.05) is 34.7 Å². The van der Waals surface area contributed by atoms with Crippen LogP contribution in [0.5, 0.6) is 11.5 Å². The molecule has 0 fully saturated rings. The van der Waals surface area contributed by atoms with Crippen molar-refractivity contribution in [3.05, 3.63) is 59.2 Å². The first kappa shape index (κ1) is 29.0. The quantitative estimate of drug-likeness (QED) is 0.228. The summed E-state index contributed by atoms with van der Waals surface area (Å²) >= 11 is 3.62. The summed E-state index contributed by atoms with van der Waals surface area (Å²) in [6.45, 7) is 13.6. The van der Waals surface area contributed by atoms with E-state index in [9.17, 15) is 0 Å². The van der Waals surface area contributed by atoms with E-state index in [1.165, 1.54) is 5.56 Å². The van der Waals surface area contributed by atoms with Crippen molar-refractivity contribution in [2.45, 2.75) is 58.6 Å². The predicted molar refractivity (Wildman–Crippen MR) is 161 cm³/mol. The first-order valence-electron chi connectivity index (χ1n) is 13.6. The highest BCUT2D eigenvalue weighted by Gasteiger charge is 2.16. The minimum Gasteiger partial charge on any atom is -0.490 e. The molecule has 0 aliphatic carbocycles. The zero-order valence-corrected chi connectivity index (χ0v) is 25.1. The Morgan fingerprint density at radius 2 is 2.03 bits per heavy atom. The number of nitrogens with zero attached hydrogens (tertiary/aromatic N) is 3. The number of hydrogen-bond acceptors (Lipinski definition) is 8. The van der Waals surface area contributed by atoms with Gasteiger partial charge in [-0.2, -0.15) is 0 Å². The van der Waals surface area contributed by atoms with E-state index >= 15 is 0 Å². The summed E-state index contributed by atoms with van der Waals surface area (Å²) in [6, 6.07) is 10.3. The van der Waals surface area contributed by atoms with Crippen molar-refractivity contribution in [1.29, 1.82) is 0 Å². The summed E-state index contributed by atoms with van der Waals surface area (Å²) in [6.07, 6.45) is 5.55. The van der Waals surface area contributed by atoms with Gasteiger partial charge in [-0.1, -0.05) is 22.0 Å². The van der Waals surface area contributed by atoms with Crippen molar-refractivity contribution in [3.63, 3.8) is 0 Å². The van der Waals surface area contributed by atoms with Gasteiger partial charge < -0.3 is 29.7 Å². The Morgan fingerprint density at radius 3 is 2.85 bits per heavy atom. The Kier molecular flexibility index (Phi) is 9.91. The number of ether oxygens (including phenoxy) is 3. The Morgan fingerprint density at radius 1 is 1.18 bits per heavy atom. The molecule has 3 aromatic rings. The van der Waals surface area contributed by atoms with E-state index in [1.807, 2.05) is 32.9 Å². The van der Waals surface area contributed by atoms with E-state index in [0.717, 1.165) is 65.7 Å². The van der Waals surface area contributed by atoms with Crippen LogP contribution in [0.1, 0.15) is 52.0 Å². The van der Waals surface area contributed by atoms with Crippen molar-refractivity contribution < 1.29 is 14.2 Å². The highest BCUT2D eigenvalue weighted by atomic mass is 79.9. The Bertz CT molecular complexity index is 1280. The highest BCUT2D eigenvalue weighted by molar-refractivity contribution is 9.10. The molecule has 2 bridgehead atoms. The van der Waals surface area contributed by atoms with E-state index in [4.69, 9.17) is 14.2 Å². The van der Waals surface area contributed by atoms with Gasteiger partial charge in [-0.25, -0.2) is 9.97 Å². The lowest BCUT2D eigenvalue weighted by Crippen LogP contribution is -2.26. The summed E-state index contributed by atoms with van der Waals surface area (Å²) in [5, 5.41) is 7.65. The van der Waals surface area contributed by atoms with E-state index in [2.05, 4.69) is 73.3 Å². The third-order valence-corrected chi connectivity index (χ3v) is 6.73. The molecule has 210 valence electrons. The topological polar surface area (TPSA) is 80.8 Å². The maximum atomic E-state index is 6.26. The second kappa shape index (κ2) is 13.3. The third-order valence-electron chi connectivity index (χ3n) is 6.24. The number of halogens is 1. The zero-order chi connectivity index (χ0) is 27.8. The van der Waals surface area contributed by atoms with Crippen LogP contribution in [0, 0.1) is 0 Å². The molecule has 2 N–H and O–H groups in total. The van der Waals surface area contributed by atoms with E-state index in [-0.39, 0.29) is 5.60 Å². The standard InChI is InChI=1S/C30H40BrN5O3/c1-21(39-30(2,3)4)32-12-9-15-38-28-18-26-24-17-27(28)37-14-8-6-7-13-36(5)19-22-10-11-23(31)16-25(22)35-29(24)34-20-33-26/h10-11,16-18,20,32H,1,6-9,12-15,19H2,2-5H3,(H,33,34,35). The van der Waals surface area contributed by atoms with E-state index in [1.54, 1.807) is 6.33 Å². The fourth-order valence-corrected chi connectivity index (χ4v) is 4.78. The Balaban J connectivity index is 1.55. The normalized spacial score (nSPS) is 14.9. The molecule has 2 aromatic carbocycles. The zero-order valence-electron chi connectivity index (χ0n) is 23.5. The van der Waals surface area contributed by atoms with Gasteiger partial charge in [0.05, 0.1) is 18.7 Å². The fourth-order valence-electron chi connectivity index (χ4n) is 4.42. The van der Waals surface area contributed by atoms with Crippen molar-refractivity contribution >= 4 is 38.3 Å². The average molecular weight is 599 g/mol. The molecule has 4 rings (SSSR count). The number of rotatable bonds is 7. The maximum Gasteiger partial charge on any atom is 0.179 e. The molecule has 0 saturated heterocycles. The van der Waals surface area contributed by atoms with E-state index < -0.39 is 0 Å². The monoisotopic (exact) mass is 597 g/mol. The largest absolute Gasteiger partial charge is 0.490 e. The minimum absolute atomic E-state index is 0.278. The molecule has 39 heavy (non-hydrogen) atoms. The van der Waals surface area contributed by atoms with Crippen molar-refractivity contribution in [3.8, 4) is 11.5 Å². The van der Waals surface area contributed by atoms with Gasteiger partial charge in [0.15, 0.2) is 17.4 Å². The van der Waals surface area contributed by atoms with Crippen molar-refractivity contribution in [2.24, 2.45) is 0 Å². The summed E-state index contributed by atoms with van der Waals surface area (Å²) in [7, 11) is 2.17. The first-order valence-corrected chi connectivity index (χ1v) is 14.4. The van der Waals surface area contributed by atoms with Crippen LogP contribution in [0.2, 0.25) is 0 Å². The number of benzene rings is 2.